The molecule has 118 valence electrons. The molecule has 0 bridgehead atoms. The van der Waals surface area contributed by atoms with Gasteiger partial charge in [-0.2, -0.15) is 9.40 Å². The van der Waals surface area contributed by atoms with Gasteiger partial charge in [0.05, 0.1) is 6.20 Å². The third-order valence-electron chi connectivity index (χ3n) is 4.77. The summed E-state index contributed by atoms with van der Waals surface area (Å²) in [6, 6.07) is 0. The fourth-order valence-electron chi connectivity index (χ4n) is 3.44. The molecule has 2 saturated heterocycles. The molecular weight excluding hydrogens is 288 g/mol. The van der Waals surface area contributed by atoms with Crippen molar-refractivity contribution in [2.75, 3.05) is 26.2 Å². The molecule has 0 aliphatic carbocycles. The molecule has 0 saturated carbocycles. The molecule has 1 spiro atoms. The SMILES string of the molecule is CCCn1cc(S(=O)(=O)N2CCC3(CCNCC3)C2)cn1. The molecule has 21 heavy (non-hydrogen) atoms. The standard InChI is InChI=1S/C14H24N4O2S/c1-2-8-17-11-13(10-16-17)21(19,20)18-9-5-14(12-18)3-6-15-7-4-14/h10-11,15H,2-9,12H2,1H3. The molecule has 2 fully saturated rings. The minimum Gasteiger partial charge on any atom is -0.317 e. The summed E-state index contributed by atoms with van der Waals surface area (Å²) in [7, 11) is -3.38. The molecule has 2 aliphatic rings. The van der Waals surface area contributed by atoms with Crippen LogP contribution in [0.3, 0.4) is 0 Å². The number of aryl methyl sites for hydroxylation is 1. The Morgan fingerprint density at radius 3 is 2.81 bits per heavy atom. The lowest BCUT2D eigenvalue weighted by atomic mass is 9.78. The largest absolute Gasteiger partial charge is 0.317 e. The number of sulfonamides is 1. The normalized spacial score (nSPS) is 22.9. The molecule has 1 aromatic heterocycles. The Kier molecular flexibility index (Phi) is 4.07. The average Bonchev–Trinajstić information content (AvgIpc) is 3.09. The fraction of sp³-hybridized carbons (Fsp3) is 0.786. The molecule has 0 unspecified atom stereocenters. The first-order valence-corrected chi connectivity index (χ1v) is 9.23. The molecule has 3 heterocycles. The lowest BCUT2D eigenvalue weighted by Crippen LogP contribution is -2.39. The van der Waals surface area contributed by atoms with Crippen molar-refractivity contribution in [3.05, 3.63) is 12.4 Å². The second-order valence-electron chi connectivity index (χ2n) is 6.28. The molecule has 7 heteroatoms. The van der Waals surface area contributed by atoms with Gasteiger partial charge in [0.15, 0.2) is 0 Å². The number of nitrogens with one attached hydrogen (secondary N) is 1. The van der Waals surface area contributed by atoms with E-state index in [4.69, 9.17) is 0 Å². The number of aromatic nitrogens is 2. The lowest BCUT2D eigenvalue weighted by Gasteiger charge is -2.33. The molecule has 1 aromatic rings. The Bertz CT molecular complexity index is 590. The van der Waals surface area contributed by atoms with Crippen molar-refractivity contribution in [1.29, 1.82) is 0 Å². The predicted molar refractivity (Wildman–Crippen MR) is 80.4 cm³/mol. The van der Waals surface area contributed by atoms with E-state index in [0.717, 1.165) is 45.3 Å². The molecule has 0 radical (unpaired) electrons. The van der Waals surface area contributed by atoms with E-state index in [1.807, 2.05) is 0 Å². The van der Waals surface area contributed by atoms with Crippen LogP contribution < -0.4 is 5.32 Å². The quantitative estimate of drug-likeness (QED) is 0.902. The van der Waals surface area contributed by atoms with Gasteiger partial charge in [0.1, 0.15) is 4.90 Å². The Morgan fingerprint density at radius 1 is 1.33 bits per heavy atom. The van der Waals surface area contributed by atoms with Crippen molar-refractivity contribution >= 4 is 10.0 Å². The third-order valence-corrected chi connectivity index (χ3v) is 6.57. The maximum atomic E-state index is 12.7. The topological polar surface area (TPSA) is 67.2 Å². The highest BCUT2D eigenvalue weighted by molar-refractivity contribution is 7.89. The molecule has 0 amide bonds. The van der Waals surface area contributed by atoms with Crippen molar-refractivity contribution in [2.45, 2.75) is 44.0 Å². The summed E-state index contributed by atoms with van der Waals surface area (Å²) in [5.74, 6) is 0. The van der Waals surface area contributed by atoms with E-state index >= 15 is 0 Å². The highest BCUT2D eigenvalue weighted by Gasteiger charge is 2.43. The first kappa shape index (κ1) is 15.0. The molecule has 1 N–H and O–H groups in total. The fourth-order valence-corrected chi connectivity index (χ4v) is 4.95. The van der Waals surface area contributed by atoms with Gasteiger partial charge in [-0.05, 0) is 44.2 Å². The van der Waals surface area contributed by atoms with E-state index in [1.54, 1.807) is 15.2 Å². The molecule has 3 rings (SSSR count). The van der Waals surface area contributed by atoms with Crippen LogP contribution in [0.15, 0.2) is 17.3 Å². The Hall–Kier alpha value is -0.920. The molecule has 0 aromatic carbocycles. The van der Waals surface area contributed by atoms with Crippen LogP contribution in [0.5, 0.6) is 0 Å². The summed E-state index contributed by atoms with van der Waals surface area (Å²) in [4.78, 5) is 0.335. The second kappa shape index (κ2) is 5.70. The van der Waals surface area contributed by atoms with Gasteiger partial charge in [0.25, 0.3) is 0 Å². The summed E-state index contributed by atoms with van der Waals surface area (Å²) in [6.45, 7) is 6.12. The third kappa shape index (κ3) is 2.86. The van der Waals surface area contributed by atoms with Crippen molar-refractivity contribution < 1.29 is 8.42 Å². The monoisotopic (exact) mass is 312 g/mol. The maximum Gasteiger partial charge on any atom is 0.246 e. The number of hydrogen-bond acceptors (Lipinski definition) is 4. The van der Waals surface area contributed by atoms with Crippen LogP contribution >= 0.6 is 0 Å². The van der Waals surface area contributed by atoms with Crippen LogP contribution in [0, 0.1) is 5.41 Å². The zero-order valence-corrected chi connectivity index (χ0v) is 13.4. The van der Waals surface area contributed by atoms with Gasteiger partial charge in [-0.25, -0.2) is 8.42 Å². The van der Waals surface area contributed by atoms with E-state index in [-0.39, 0.29) is 5.41 Å². The molecule has 2 aliphatic heterocycles. The summed E-state index contributed by atoms with van der Waals surface area (Å²) in [6.07, 6.45) is 7.23. The summed E-state index contributed by atoms with van der Waals surface area (Å²) in [5, 5.41) is 7.51. The van der Waals surface area contributed by atoms with Crippen LogP contribution in [0.1, 0.15) is 32.6 Å². The summed E-state index contributed by atoms with van der Waals surface area (Å²) in [5.41, 5.74) is 0.192. The van der Waals surface area contributed by atoms with Gasteiger partial charge in [-0.15, -0.1) is 0 Å². The number of piperidine rings is 1. The highest BCUT2D eigenvalue weighted by Crippen LogP contribution is 2.40. The van der Waals surface area contributed by atoms with Crippen LogP contribution in [0.2, 0.25) is 0 Å². The van der Waals surface area contributed by atoms with Gasteiger partial charge in [0, 0.05) is 25.8 Å². The predicted octanol–water partition coefficient (Wildman–Crippen LogP) is 1.06. The summed E-state index contributed by atoms with van der Waals surface area (Å²) < 4.78 is 28.8. The molecule has 6 nitrogen and oxygen atoms in total. The van der Waals surface area contributed by atoms with Crippen molar-refractivity contribution in [3.8, 4) is 0 Å². The first-order valence-electron chi connectivity index (χ1n) is 7.79. The van der Waals surface area contributed by atoms with E-state index in [0.29, 0.717) is 18.0 Å². The average molecular weight is 312 g/mol. The summed E-state index contributed by atoms with van der Waals surface area (Å²) >= 11 is 0. The first-order chi connectivity index (χ1) is 10.1. The Balaban J connectivity index is 1.76. The second-order valence-corrected chi connectivity index (χ2v) is 8.22. The van der Waals surface area contributed by atoms with E-state index in [1.165, 1.54) is 6.20 Å². The van der Waals surface area contributed by atoms with Crippen LogP contribution in [0.4, 0.5) is 0 Å². The molecular formula is C14H24N4O2S. The van der Waals surface area contributed by atoms with Crippen LogP contribution in [0.25, 0.3) is 0 Å². The minimum atomic E-state index is -3.38. The zero-order chi connectivity index (χ0) is 14.9. The number of hydrogen-bond donors (Lipinski definition) is 1. The van der Waals surface area contributed by atoms with Crippen molar-refractivity contribution in [3.63, 3.8) is 0 Å². The van der Waals surface area contributed by atoms with E-state index in [9.17, 15) is 8.42 Å². The lowest BCUT2D eigenvalue weighted by molar-refractivity contribution is 0.218. The number of rotatable bonds is 4. The molecule has 0 atom stereocenters. The zero-order valence-electron chi connectivity index (χ0n) is 12.6. The van der Waals surface area contributed by atoms with E-state index in [2.05, 4.69) is 17.3 Å². The van der Waals surface area contributed by atoms with E-state index < -0.39 is 10.0 Å². The Labute approximate surface area is 126 Å². The smallest absolute Gasteiger partial charge is 0.246 e. The maximum absolute atomic E-state index is 12.7. The highest BCUT2D eigenvalue weighted by atomic mass is 32.2. The van der Waals surface area contributed by atoms with Gasteiger partial charge in [-0.3, -0.25) is 4.68 Å². The van der Waals surface area contributed by atoms with Crippen LogP contribution in [-0.4, -0.2) is 48.7 Å². The van der Waals surface area contributed by atoms with Gasteiger partial charge < -0.3 is 5.32 Å². The Morgan fingerprint density at radius 2 is 2.10 bits per heavy atom. The van der Waals surface area contributed by atoms with Crippen molar-refractivity contribution in [1.82, 2.24) is 19.4 Å². The van der Waals surface area contributed by atoms with Gasteiger partial charge in [-0.1, -0.05) is 6.92 Å². The minimum absolute atomic E-state index is 0.192. The van der Waals surface area contributed by atoms with Crippen LogP contribution in [-0.2, 0) is 16.6 Å². The number of nitrogens with zero attached hydrogens (tertiary/aromatic N) is 3. The van der Waals surface area contributed by atoms with Crippen molar-refractivity contribution in [2.24, 2.45) is 5.41 Å². The van der Waals surface area contributed by atoms with Gasteiger partial charge in [0.2, 0.25) is 10.0 Å². The van der Waals surface area contributed by atoms with Gasteiger partial charge >= 0.3 is 0 Å².